The number of rotatable bonds is 5. The monoisotopic (exact) mass is 228 g/mol. The number of carbonyl (C=O) groups excluding carboxylic acids is 2. The van der Waals surface area contributed by atoms with Gasteiger partial charge in [-0.05, 0) is 32.1 Å². The van der Waals surface area contributed by atoms with Gasteiger partial charge in [0, 0.05) is 12.3 Å². The van der Waals surface area contributed by atoms with Crippen LogP contribution in [0, 0.1) is 11.8 Å². The first-order valence-corrected chi connectivity index (χ1v) is 6.19. The Morgan fingerprint density at radius 3 is 2.50 bits per heavy atom. The lowest BCUT2D eigenvalue weighted by Crippen LogP contribution is -2.06. The van der Waals surface area contributed by atoms with Crippen molar-refractivity contribution >= 4 is 12.3 Å². The Morgan fingerprint density at radius 2 is 2.19 bits per heavy atom. The lowest BCUT2D eigenvalue weighted by Gasteiger charge is -2.08. The fourth-order valence-electron chi connectivity index (χ4n) is 1.80. The average Bonchev–Trinajstić information content (AvgIpc) is 2.63. The van der Waals surface area contributed by atoms with Gasteiger partial charge in [-0.15, -0.1) is 0 Å². The van der Waals surface area contributed by atoms with Crippen LogP contribution in [0.4, 0.5) is 0 Å². The van der Waals surface area contributed by atoms with Crippen LogP contribution >= 0.6 is 0 Å². The molecular formula is C13H24O3. The van der Waals surface area contributed by atoms with Crippen molar-refractivity contribution in [3.63, 3.8) is 0 Å². The molecule has 0 spiro atoms. The molecule has 0 aliphatic heterocycles. The molecule has 16 heavy (non-hydrogen) atoms. The predicted octanol–water partition coefficient (Wildman–Crippen LogP) is 2.97. The molecule has 3 nitrogen and oxygen atoms in total. The molecule has 1 rings (SSSR count). The SMILES string of the molecule is CC(C)CCC1CCCC1=O.CCOC=O. The summed E-state index contributed by atoms with van der Waals surface area (Å²) in [5, 5.41) is 0. The van der Waals surface area contributed by atoms with Crippen molar-refractivity contribution in [1.29, 1.82) is 0 Å². The van der Waals surface area contributed by atoms with Gasteiger partial charge in [0.25, 0.3) is 6.47 Å². The second-order valence-corrected chi connectivity index (χ2v) is 4.58. The molecule has 0 aromatic rings. The predicted molar refractivity (Wildman–Crippen MR) is 64.1 cm³/mol. The lowest BCUT2D eigenvalue weighted by atomic mass is 9.96. The molecule has 1 aliphatic carbocycles. The summed E-state index contributed by atoms with van der Waals surface area (Å²) in [6.45, 7) is 7.11. The fourth-order valence-corrected chi connectivity index (χ4v) is 1.80. The lowest BCUT2D eigenvalue weighted by molar-refractivity contribution is -0.128. The average molecular weight is 228 g/mol. The Hall–Kier alpha value is -0.860. The summed E-state index contributed by atoms with van der Waals surface area (Å²) < 4.78 is 4.15. The second kappa shape index (κ2) is 9.37. The Kier molecular flexibility index (Phi) is 8.87. The van der Waals surface area contributed by atoms with Crippen molar-refractivity contribution in [3.8, 4) is 0 Å². The Morgan fingerprint density at radius 1 is 1.50 bits per heavy atom. The first-order chi connectivity index (χ1) is 7.61. The van der Waals surface area contributed by atoms with Crippen molar-refractivity contribution in [2.24, 2.45) is 11.8 Å². The minimum Gasteiger partial charge on any atom is -0.468 e. The zero-order valence-corrected chi connectivity index (χ0v) is 10.7. The van der Waals surface area contributed by atoms with Gasteiger partial charge in [-0.3, -0.25) is 9.59 Å². The Bertz CT molecular complexity index is 199. The van der Waals surface area contributed by atoms with E-state index < -0.39 is 0 Å². The van der Waals surface area contributed by atoms with Crippen LogP contribution in [-0.4, -0.2) is 18.9 Å². The van der Waals surface area contributed by atoms with Gasteiger partial charge in [0.15, 0.2) is 0 Å². The molecule has 1 aliphatic rings. The van der Waals surface area contributed by atoms with E-state index in [1.54, 1.807) is 6.92 Å². The largest absolute Gasteiger partial charge is 0.468 e. The maximum atomic E-state index is 11.2. The number of ketones is 1. The van der Waals surface area contributed by atoms with E-state index in [0.29, 0.717) is 24.8 Å². The zero-order valence-electron chi connectivity index (χ0n) is 10.7. The summed E-state index contributed by atoms with van der Waals surface area (Å²) in [6, 6.07) is 0. The fraction of sp³-hybridized carbons (Fsp3) is 0.846. The molecule has 0 radical (unpaired) electrons. The van der Waals surface area contributed by atoms with Crippen LogP contribution in [0.1, 0.15) is 52.9 Å². The van der Waals surface area contributed by atoms with Crippen molar-refractivity contribution in [3.05, 3.63) is 0 Å². The summed E-state index contributed by atoms with van der Waals surface area (Å²) in [5.41, 5.74) is 0. The molecule has 1 fully saturated rings. The summed E-state index contributed by atoms with van der Waals surface area (Å²) >= 11 is 0. The molecule has 0 heterocycles. The smallest absolute Gasteiger partial charge is 0.293 e. The van der Waals surface area contributed by atoms with Crippen molar-refractivity contribution in [2.75, 3.05) is 6.61 Å². The molecule has 0 saturated heterocycles. The van der Waals surface area contributed by atoms with Gasteiger partial charge in [0.2, 0.25) is 0 Å². The standard InChI is InChI=1S/C10H18O.C3H6O2/c1-8(2)6-7-9-4-3-5-10(9)11;1-2-5-3-4/h8-9H,3-7H2,1-2H3;3H,2H2,1H3. The quantitative estimate of drug-likeness (QED) is 0.679. The van der Waals surface area contributed by atoms with Crippen LogP contribution in [0.15, 0.2) is 0 Å². The van der Waals surface area contributed by atoms with E-state index in [0.717, 1.165) is 31.6 Å². The van der Waals surface area contributed by atoms with E-state index in [2.05, 4.69) is 18.6 Å². The molecule has 1 unspecified atom stereocenters. The number of ether oxygens (including phenoxy) is 1. The van der Waals surface area contributed by atoms with E-state index in [1.807, 2.05) is 0 Å². The van der Waals surface area contributed by atoms with Gasteiger partial charge in [-0.1, -0.05) is 20.3 Å². The number of carbonyl (C=O) groups is 2. The van der Waals surface area contributed by atoms with Gasteiger partial charge in [0.1, 0.15) is 5.78 Å². The molecule has 0 N–H and O–H groups in total. The molecule has 0 aromatic heterocycles. The van der Waals surface area contributed by atoms with E-state index in [4.69, 9.17) is 0 Å². The van der Waals surface area contributed by atoms with Gasteiger partial charge in [0.05, 0.1) is 6.61 Å². The highest BCUT2D eigenvalue weighted by Crippen LogP contribution is 2.26. The molecule has 3 heteroatoms. The van der Waals surface area contributed by atoms with E-state index >= 15 is 0 Å². The van der Waals surface area contributed by atoms with Crippen LogP contribution in [0.3, 0.4) is 0 Å². The third kappa shape index (κ3) is 7.43. The summed E-state index contributed by atoms with van der Waals surface area (Å²) in [6.07, 6.45) is 5.50. The molecule has 94 valence electrons. The van der Waals surface area contributed by atoms with Crippen LogP contribution < -0.4 is 0 Å². The molecule has 0 bridgehead atoms. The van der Waals surface area contributed by atoms with Gasteiger partial charge < -0.3 is 4.74 Å². The highest BCUT2D eigenvalue weighted by Gasteiger charge is 2.23. The molecule has 0 aromatic carbocycles. The maximum Gasteiger partial charge on any atom is 0.293 e. The van der Waals surface area contributed by atoms with Crippen LogP contribution in [-0.2, 0) is 14.3 Å². The first-order valence-electron chi connectivity index (χ1n) is 6.19. The highest BCUT2D eigenvalue weighted by molar-refractivity contribution is 5.82. The highest BCUT2D eigenvalue weighted by atomic mass is 16.5. The van der Waals surface area contributed by atoms with E-state index in [1.165, 1.54) is 6.42 Å². The van der Waals surface area contributed by atoms with Gasteiger partial charge in [-0.2, -0.15) is 0 Å². The molecule has 1 atom stereocenters. The van der Waals surface area contributed by atoms with Crippen LogP contribution in [0.5, 0.6) is 0 Å². The van der Waals surface area contributed by atoms with Crippen LogP contribution in [0.25, 0.3) is 0 Å². The number of hydrogen-bond donors (Lipinski definition) is 0. The molecular weight excluding hydrogens is 204 g/mol. The molecule has 0 amide bonds. The van der Waals surface area contributed by atoms with Gasteiger partial charge in [-0.25, -0.2) is 0 Å². The minimum absolute atomic E-state index is 0.428. The van der Waals surface area contributed by atoms with Crippen LogP contribution in [0.2, 0.25) is 0 Å². The minimum atomic E-state index is 0.428. The van der Waals surface area contributed by atoms with Gasteiger partial charge >= 0.3 is 0 Å². The van der Waals surface area contributed by atoms with E-state index in [9.17, 15) is 9.59 Å². The normalized spacial score (nSPS) is 19.2. The second-order valence-electron chi connectivity index (χ2n) is 4.58. The molecule has 1 saturated carbocycles. The Balaban J connectivity index is 0.000000385. The third-order valence-electron chi connectivity index (χ3n) is 2.76. The van der Waals surface area contributed by atoms with Crippen molar-refractivity contribution in [1.82, 2.24) is 0 Å². The first kappa shape index (κ1) is 15.1. The van der Waals surface area contributed by atoms with E-state index in [-0.39, 0.29) is 0 Å². The summed E-state index contributed by atoms with van der Waals surface area (Å²) in [7, 11) is 0. The zero-order chi connectivity index (χ0) is 12.4. The third-order valence-corrected chi connectivity index (χ3v) is 2.76. The van der Waals surface area contributed by atoms with Crippen molar-refractivity contribution in [2.45, 2.75) is 52.9 Å². The van der Waals surface area contributed by atoms with Crippen molar-refractivity contribution < 1.29 is 14.3 Å². The topological polar surface area (TPSA) is 43.4 Å². The summed E-state index contributed by atoms with van der Waals surface area (Å²) in [4.78, 5) is 20.4. The Labute approximate surface area is 98.6 Å². The maximum absolute atomic E-state index is 11.2. The number of hydrogen-bond acceptors (Lipinski definition) is 3. The summed E-state index contributed by atoms with van der Waals surface area (Å²) in [5.74, 6) is 1.70. The number of Topliss-reactive ketones (excluding diaryl/α,β-unsaturated/α-hetero) is 1.